The molecule has 1 unspecified atom stereocenters. The number of sulfonamides is 1. The molecule has 0 aliphatic carbocycles. The molecule has 0 radical (unpaired) electrons. The number of anilines is 1. The Kier molecular flexibility index (Phi) is 4.50. The summed E-state index contributed by atoms with van der Waals surface area (Å²) in [6, 6.07) is 4.63. The van der Waals surface area contributed by atoms with Crippen molar-refractivity contribution in [2.75, 3.05) is 25.4 Å². The summed E-state index contributed by atoms with van der Waals surface area (Å²) in [5.41, 5.74) is 6.13. The fourth-order valence-corrected chi connectivity index (χ4v) is 4.06. The molecule has 106 valence electrons. The molecule has 1 aromatic carbocycles. The number of aliphatic hydroxyl groups is 1. The standard InChI is InChI=1S/C12H17BrN2O3S/c13-11-4-3-10(6-12(11)14)19(17,18)15-5-1-2-9(7-15)8-16/h3-4,6,9,16H,1-2,5,7-8,14H2. The van der Waals surface area contributed by atoms with Gasteiger partial charge in [-0.15, -0.1) is 0 Å². The highest BCUT2D eigenvalue weighted by Gasteiger charge is 2.30. The number of nitrogens with zero attached hydrogens (tertiary/aromatic N) is 1. The molecule has 19 heavy (non-hydrogen) atoms. The molecular formula is C12H17BrN2O3S. The van der Waals surface area contributed by atoms with Crippen molar-refractivity contribution in [2.24, 2.45) is 5.92 Å². The Morgan fingerprint density at radius 3 is 2.84 bits per heavy atom. The number of hydrogen-bond donors (Lipinski definition) is 2. The molecule has 1 aromatic rings. The Morgan fingerprint density at radius 1 is 1.47 bits per heavy atom. The molecule has 1 atom stereocenters. The predicted molar refractivity (Wildman–Crippen MR) is 77.1 cm³/mol. The van der Waals surface area contributed by atoms with Gasteiger partial charge in [-0.05, 0) is 52.9 Å². The van der Waals surface area contributed by atoms with Crippen molar-refractivity contribution < 1.29 is 13.5 Å². The fourth-order valence-electron chi connectivity index (χ4n) is 2.23. The Labute approximate surface area is 121 Å². The summed E-state index contributed by atoms with van der Waals surface area (Å²) in [4.78, 5) is 0.201. The summed E-state index contributed by atoms with van der Waals surface area (Å²) in [6.45, 7) is 0.887. The van der Waals surface area contributed by atoms with Crippen LogP contribution >= 0.6 is 15.9 Å². The van der Waals surface area contributed by atoms with Crippen molar-refractivity contribution in [2.45, 2.75) is 17.7 Å². The normalized spacial score (nSPS) is 21.5. The third kappa shape index (κ3) is 3.10. The van der Waals surface area contributed by atoms with Gasteiger partial charge >= 0.3 is 0 Å². The molecule has 1 fully saturated rings. The molecular weight excluding hydrogens is 332 g/mol. The molecule has 1 heterocycles. The summed E-state index contributed by atoms with van der Waals surface area (Å²) >= 11 is 3.25. The Hall–Kier alpha value is -0.630. The van der Waals surface area contributed by atoms with Crippen LogP contribution in [0.25, 0.3) is 0 Å². The van der Waals surface area contributed by atoms with Crippen LogP contribution in [0, 0.1) is 5.92 Å². The average Bonchev–Trinajstić information content (AvgIpc) is 2.41. The van der Waals surface area contributed by atoms with E-state index >= 15 is 0 Å². The zero-order valence-electron chi connectivity index (χ0n) is 10.4. The lowest BCUT2D eigenvalue weighted by molar-refractivity contribution is 0.165. The number of halogens is 1. The van der Waals surface area contributed by atoms with E-state index < -0.39 is 10.0 Å². The zero-order valence-corrected chi connectivity index (χ0v) is 12.8. The van der Waals surface area contributed by atoms with E-state index in [1.165, 1.54) is 10.4 Å². The maximum Gasteiger partial charge on any atom is 0.243 e. The fraction of sp³-hybridized carbons (Fsp3) is 0.500. The number of hydrogen-bond acceptors (Lipinski definition) is 4. The van der Waals surface area contributed by atoms with Crippen LogP contribution in [-0.4, -0.2) is 37.5 Å². The van der Waals surface area contributed by atoms with E-state index in [2.05, 4.69) is 15.9 Å². The molecule has 7 heteroatoms. The molecule has 0 bridgehead atoms. The zero-order chi connectivity index (χ0) is 14.0. The maximum absolute atomic E-state index is 12.5. The van der Waals surface area contributed by atoms with Crippen molar-refractivity contribution in [3.8, 4) is 0 Å². The van der Waals surface area contributed by atoms with Crippen LogP contribution < -0.4 is 5.73 Å². The van der Waals surface area contributed by atoms with E-state index in [0.29, 0.717) is 23.2 Å². The van der Waals surface area contributed by atoms with Gasteiger partial charge in [0.15, 0.2) is 0 Å². The molecule has 0 saturated carbocycles. The third-order valence-electron chi connectivity index (χ3n) is 3.35. The van der Waals surface area contributed by atoms with Gasteiger partial charge in [0.2, 0.25) is 10.0 Å². The van der Waals surface area contributed by atoms with Gasteiger partial charge in [-0.25, -0.2) is 8.42 Å². The van der Waals surface area contributed by atoms with Crippen LogP contribution in [0.1, 0.15) is 12.8 Å². The van der Waals surface area contributed by atoms with Crippen molar-refractivity contribution >= 4 is 31.6 Å². The molecule has 2 rings (SSSR count). The molecule has 0 amide bonds. The first-order valence-electron chi connectivity index (χ1n) is 6.11. The summed E-state index contributed by atoms with van der Waals surface area (Å²) in [6.07, 6.45) is 1.64. The van der Waals surface area contributed by atoms with Crippen LogP contribution in [0.3, 0.4) is 0 Å². The number of rotatable bonds is 3. The first-order chi connectivity index (χ1) is 8.95. The first kappa shape index (κ1) is 14.8. The van der Waals surface area contributed by atoms with E-state index in [4.69, 9.17) is 5.73 Å². The van der Waals surface area contributed by atoms with Gasteiger partial charge in [-0.1, -0.05) is 0 Å². The summed E-state index contributed by atoms with van der Waals surface area (Å²) in [7, 11) is -3.52. The van der Waals surface area contributed by atoms with Crippen molar-refractivity contribution in [3.05, 3.63) is 22.7 Å². The second-order valence-electron chi connectivity index (χ2n) is 4.74. The lowest BCUT2D eigenvalue weighted by Crippen LogP contribution is -2.40. The van der Waals surface area contributed by atoms with Gasteiger partial charge in [0.1, 0.15) is 0 Å². The van der Waals surface area contributed by atoms with Gasteiger partial charge in [0.25, 0.3) is 0 Å². The predicted octanol–water partition coefficient (Wildman–Crippen LogP) is 1.42. The van der Waals surface area contributed by atoms with Crippen molar-refractivity contribution in [3.63, 3.8) is 0 Å². The van der Waals surface area contributed by atoms with Crippen LogP contribution in [0.2, 0.25) is 0 Å². The molecule has 0 spiro atoms. The Morgan fingerprint density at radius 2 is 2.21 bits per heavy atom. The van der Waals surface area contributed by atoms with Gasteiger partial charge < -0.3 is 10.8 Å². The van der Waals surface area contributed by atoms with Crippen molar-refractivity contribution in [1.29, 1.82) is 0 Å². The highest BCUT2D eigenvalue weighted by atomic mass is 79.9. The van der Waals surface area contributed by atoms with Crippen LogP contribution in [0.15, 0.2) is 27.6 Å². The second kappa shape index (κ2) is 5.78. The first-order valence-corrected chi connectivity index (χ1v) is 8.34. The minimum absolute atomic E-state index is 0.0223. The van der Waals surface area contributed by atoms with Gasteiger partial charge in [0.05, 0.1) is 4.90 Å². The summed E-state index contributed by atoms with van der Waals surface area (Å²) in [5, 5.41) is 9.18. The van der Waals surface area contributed by atoms with E-state index in [1.54, 1.807) is 12.1 Å². The molecule has 3 N–H and O–H groups in total. The highest BCUT2D eigenvalue weighted by Crippen LogP contribution is 2.27. The van der Waals surface area contributed by atoms with Crippen LogP contribution in [0.4, 0.5) is 5.69 Å². The molecule has 5 nitrogen and oxygen atoms in total. The lowest BCUT2D eigenvalue weighted by atomic mass is 10.0. The number of benzene rings is 1. The lowest BCUT2D eigenvalue weighted by Gasteiger charge is -2.31. The van der Waals surface area contributed by atoms with E-state index in [-0.39, 0.29) is 17.4 Å². The SMILES string of the molecule is Nc1cc(S(=O)(=O)N2CCCC(CO)C2)ccc1Br. The second-order valence-corrected chi connectivity index (χ2v) is 7.53. The molecule has 0 aromatic heterocycles. The summed E-state index contributed by atoms with van der Waals surface area (Å²) < 4.78 is 27.1. The number of nitrogens with two attached hydrogens (primary N) is 1. The van der Waals surface area contributed by atoms with E-state index in [0.717, 1.165) is 12.8 Å². The smallest absolute Gasteiger partial charge is 0.243 e. The topological polar surface area (TPSA) is 83.6 Å². The van der Waals surface area contributed by atoms with Crippen LogP contribution in [0.5, 0.6) is 0 Å². The van der Waals surface area contributed by atoms with E-state index in [1.807, 2.05) is 0 Å². The minimum Gasteiger partial charge on any atom is -0.398 e. The maximum atomic E-state index is 12.5. The molecule has 1 aliphatic rings. The Balaban J connectivity index is 2.28. The molecule has 1 saturated heterocycles. The largest absolute Gasteiger partial charge is 0.398 e. The number of piperidine rings is 1. The average molecular weight is 349 g/mol. The quantitative estimate of drug-likeness (QED) is 0.809. The summed E-state index contributed by atoms with van der Waals surface area (Å²) in [5.74, 6) is 0.0244. The highest BCUT2D eigenvalue weighted by molar-refractivity contribution is 9.10. The van der Waals surface area contributed by atoms with E-state index in [9.17, 15) is 13.5 Å². The number of nitrogen functional groups attached to an aromatic ring is 1. The molecule has 1 aliphatic heterocycles. The Bertz CT molecular complexity index is 562. The number of aliphatic hydroxyl groups excluding tert-OH is 1. The van der Waals surface area contributed by atoms with Gasteiger partial charge in [0, 0.05) is 29.9 Å². The minimum atomic E-state index is -3.52. The monoisotopic (exact) mass is 348 g/mol. The van der Waals surface area contributed by atoms with Gasteiger partial charge in [-0.3, -0.25) is 0 Å². The van der Waals surface area contributed by atoms with Crippen molar-refractivity contribution in [1.82, 2.24) is 4.31 Å². The van der Waals surface area contributed by atoms with Crippen LogP contribution in [-0.2, 0) is 10.0 Å². The van der Waals surface area contributed by atoms with Gasteiger partial charge in [-0.2, -0.15) is 4.31 Å². The third-order valence-corrected chi connectivity index (χ3v) is 5.93.